The molecule has 0 saturated carbocycles. The molecule has 0 spiro atoms. The summed E-state index contributed by atoms with van der Waals surface area (Å²) in [6, 6.07) is 6.46. The van der Waals surface area contributed by atoms with Gasteiger partial charge in [0.25, 0.3) is 0 Å². The fourth-order valence-electron chi connectivity index (χ4n) is 2.09. The van der Waals surface area contributed by atoms with Crippen molar-refractivity contribution in [3.63, 3.8) is 0 Å². The molecule has 0 aliphatic heterocycles. The molecule has 5 heteroatoms. The van der Waals surface area contributed by atoms with Crippen LogP contribution < -0.4 is 5.73 Å². The van der Waals surface area contributed by atoms with Crippen molar-refractivity contribution < 1.29 is 4.39 Å². The van der Waals surface area contributed by atoms with Crippen molar-refractivity contribution in [3.8, 4) is 11.3 Å². The van der Waals surface area contributed by atoms with Crippen molar-refractivity contribution in [3.05, 3.63) is 42.5 Å². The van der Waals surface area contributed by atoms with E-state index in [0.29, 0.717) is 5.69 Å². The molecule has 0 atom stereocenters. The average molecular weight is 242 g/mol. The van der Waals surface area contributed by atoms with E-state index in [4.69, 9.17) is 5.73 Å². The van der Waals surface area contributed by atoms with E-state index >= 15 is 0 Å². The zero-order valence-corrected chi connectivity index (χ0v) is 9.76. The molecule has 0 saturated heterocycles. The van der Waals surface area contributed by atoms with Crippen LogP contribution in [0.25, 0.3) is 22.2 Å². The van der Waals surface area contributed by atoms with Gasteiger partial charge in [-0.1, -0.05) is 0 Å². The van der Waals surface area contributed by atoms with Crippen molar-refractivity contribution in [2.75, 3.05) is 5.73 Å². The van der Waals surface area contributed by atoms with Gasteiger partial charge < -0.3 is 10.3 Å². The highest BCUT2D eigenvalue weighted by molar-refractivity contribution is 5.95. The number of anilines is 1. The van der Waals surface area contributed by atoms with E-state index in [-0.39, 0.29) is 11.8 Å². The second-order valence-electron chi connectivity index (χ2n) is 4.12. The van der Waals surface area contributed by atoms with E-state index in [9.17, 15) is 4.39 Å². The molecule has 3 rings (SSSR count). The Morgan fingerprint density at radius 1 is 1.28 bits per heavy atom. The minimum Gasteiger partial charge on any atom is -0.368 e. The van der Waals surface area contributed by atoms with Gasteiger partial charge in [0, 0.05) is 35.9 Å². The van der Waals surface area contributed by atoms with Crippen LogP contribution in [0, 0.1) is 5.82 Å². The molecule has 0 aliphatic rings. The molecule has 0 fully saturated rings. The monoisotopic (exact) mass is 242 g/mol. The summed E-state index contributed by atoms with van der Waals surface area (Å²) in [5.74, 6) is -0.0575. The fraction of sp³-hybridized carbons (Fsp3) is 0.0769. The molecule has 90 valence electrons. The summed E-state index contributed by atoms with van der Waals surface area (Å²) in [7, 11) is 1.91. The Morgan fingerprint density at radius 3 is 2.89 bits per heavy atom. The highest BCUT2D eigenvalue weighted by Crippen LogP contribution is 2.29. The molecule has 0 amide bonds. The smallest absolute Gasteiger partial charge is 0.220 e. The Labute approximate surface area is 103 Å². The van der Waals surface area contributed by atoms with E-state index in [0.717, 1.165) is 16.5 Å². The number of benzene rings is 1. The van der Waals surface area contributed by atoms with E-state index in [1.165, 1.54) is 12.1 Å². The number of hydrogen-bond donors (Lipinski definition) is 1. The number of nitrogens with zero attached hydrogens (tertiary/aromatic N) is 3. The van der Waals surface area contributed by atoms with Crippen LogP contribution in [-0.4, -0.2) is 14.5 Å². The molecule has 0 aliphatic carbocycles. The van der Waals surface area contributed by atoms with Gasteiger partial charge in [0.15, 0.2) is 0 Å². The van der Waals surface area contributed by atoms with E-state index in [1.807, 2.05) is 17.8 Å². The second-order valence-corrected chi connectivity index (χ2v) is 4.12. The molecule has 1 aromatic carbocycles. The topological polar surface area (TPSA) is 56.7 Å². The van der Waals surface area contributed by atoms with Crippen LogP contribution in [0.3, 0.4) is 0 Å². The third-order valence-corrected chi connectivity index (χ3v) is 2.90. The van der Waals surface area contributed by atoms with Gasteiger partial charge in [0.05, 0.1) is 5.69 Å². The zero-order valence-electron chi connectivity index (χ0n) is 9.76. The molecule has 2 N–H and O–H groups in total. The van der Waals surface area contributed by atoms with Gasteiger partial charge in [-0.25, -0.2) is 14.4 Å². The normalized spacial score (nSPS) is 11.0. The van der Waals surface area contributed by atoms with Crippen LogP contribution in [0.15, 0.2) is 36.7 Å². The lowest BCUT2D eigenvalue weighted by Crippen LogP contribution is -1.94. The third kappa shape index (κ3) is 1.60. The van der Waals surface area contributed by atoms with Gasteiger partial charge in [-0.3, -0.25) is 0 Å². The molecular formula is C13H11FN4. The lowest BCUT2D eigenvalue weighted by Gasteiger charge is -1.99. The predicted molar refractivity (Wildman–Crippen MR) is 68.3 cm³/mol. The molecule has 4 nitrogen and oxygen atoms in total. The molecule has 18 heavy (non-hydrogen) atoms. The lowest BCUT2D eigenvalue weighted by molar-refractivity contribution is 0.629. The van der Waals surface area contributed by atoms with E-state index < -0.39 is 0 Å². The number of aromatic nitrogens is 3. The maximum absolute atomic E-state index is 13.4. The third-order valence-electron chi connectivity index (χ3n) is 2.90. The highest BCUT2D eigenvalue weighted by Gasteiger charge is 2.10. The molecule has 2 aromatic heterocycles. The fourth-order valence-corrected chi connectivity index (χ4v) is 2.09. The van der Waals surface area contributed by atoms with Crippen molar-refractivity contribution in [2.24, 2.45) is 7.05 Å². The van der Waals surface area contributed by atoms with Crippen LogP contribution in [0.1, 0.15) is 0 Å². The summed E-state index contributed by atoms with van der Waals surface area (Å²) >= 11 is 0. The van der Waals surface area contributed by atoms with Crippen LogP contribution in [0.4, 0.5) is 10.3 Å². The number of nitrogens with two attached hydrogens (primary N) is 1. The number of rotatable bonds is 1. The highest BCUT2D eigenvalue weighted by atomic mass is 19.1. The SMILES string of the molecule is Cn1cc(-c2ccnc(N)n2)c2cc(F)ccc21. The standard InChI is InChI=1S/C13H11FN4/c1-18-7-10(11-4-5-16-13(15)17-11)9-6-8(14)2-3-12(9)18/h2-7H,1H3,(H2,15,16,17). The minimum atomic E-state index is -0.267. The summed E-state index contributed by atoms with van der Waals surface area (Å²) in [5.41, 5.74) is 8.06. The summed E-state index contributed by atoms with van der Waals surface area (Å²) < 4.78 is 15.3. The van der Waals surface area contributed by atoms with Gasteiger partial charge in [-0.15, -0.1) is 0 Å². The Balaban J connectivity index is 2.32. The van der Waals surface area contributed by atoms with Crippen LogP contribution in [0.2, 0.25) is 0 Å². The number of halogens is 1. The number of hydrogen-bond acceptors (Lipinski definition) is 3. The van der Waals surface area contributed by atoms with E-state index in [2.05, 4.69) is 9.97 Å². The average Bonchev–Trinajstić information content (AvgIpc) is 2.66. The second kappa shape index (κ2) is 3.80. The van der Waals surface area contributed by atoms with Gasteiger partial charge in [-0.2, -0.15) is 0 Å². The maximum Gasteiger partial charge on any atom is 0.220 e. The van der Waals surface area contributed by atoms with Crippen molar-refractivity contribution in [1.82, 2.24) is 14.5 Å². The van der Waals surface area contributed by atoms with Gasteiger partial charge in [0.2, 0.25) is 5.95 Å². The number of fused-ring (bicyclic) bond motifs is 1. The van der Waals surface area contributed by atoms with Gasteiger partial charge >= 0.3 is 0 Å². The Bertz CT molecular complexity index is 733. The molecular weight excluding hydrogens is 231 g/mol. The van der Waals surface area contributed by atoms with Gasteiger partial charge in [0.1, 0.15) is 5.82 Å². The minimum absolute atomic E-state index is 0.209. The molecule has 3 aromatic rings. The van der Waals surface area contributed by atoms with Crippen molar-refractivity contribution >= 4 is 16.9 Å². The van der Waals surface area contributed by atoms with Crippen LogP contribution in [-0.2, 0) is 7.05 Å². The lowest BCUT2D eigenvalue weighted by atomic mass is 10.1. The number of aryl methyl sites for hydroxylation is 1. The zero-order chi connectivity index (χ0) is 12.7. The number of nitrogen functional groups attached to an aromatic ring is 1. The summed E-state index contributed by atoms with van der Waals surface area (Å²) in [5, 5.41) is 0.815. The Kier molecular flexibility index (Phi) is 2.26. The summed E-state index contributed by atoms with van der Waals surface area (Å²) in [6.07, 6.45) is 3.50. The molecule has 0 unspecified atom stereocenters. The Morgan fingerprint density at radius 2 is 2.11 bits per heavy atom. The maximum atomic E-state index is 13.4. The quantitative estimate of drug-likeness (QED) is 0.712. The Hall–Kier alpha value is -2.43. The van der Waals surface area contributed by atoms with Crippen molar-refractivity contribution in [2.45, 2.75) is 0 Å². The molecule has 0 radical (unpaired) electrons. The first kappa shape index (κ1) is 10.7. The van der Waals surface area contributed by atoms with Gasteiger partial charge in [-0.05, 0) is 24.3 Å². The predicted octanol–water partition coefficient (Wildman–Crippen LogP) is 2.36. The van der Waals surface area contributed by atoms with Crippen LogP contribution in [0.5, 0.6) is 0 Å². The first-order chi connectivity index (χ1) is 8.65. The van der Waals surface area contributed by atoms with Crippen molar-refractivity contribution in [1.29, 1.82) is 0 Å². The first-order valence-electron chi connectivity index (χ1n) is 5.48. The van der Waals surface area contributed by atoms with Crippen LogP contribution >= 0.6 is 0 Å². The summed E-state index contributed by atoms with van der Waals surface area (Å²) in [4.78, 5) is 8.02. The summed E-state index contributed by atoms with van der Waals surface area (Å²) in [6.45, 7) is 0. The molecule has 0 bridgehead atoms. The first-order valence-corrected chi connectivity index (χ1v) is 5.48. The molecule has 2 heterocycles. The largest absolute Gasteiger partial charge is 0.368 e. The van der Waals surface area contributed by atoms with E-state index in [1.54, 1.807) is 18.3 Å².